The minimum absolute atomic E-state index is 0.0430. The second-order valence-electron chi connectivity index (χ2n) is 4.73. The van der Waals surface area contributed by atoms with E-state index in [4.69, 9.17) is 34.8 Å². The summed E-state index contributed by atoms with van der Waals surface area (Å²) in [4.78, 5) is 10.9. The molecule has 0 aliphatic carbocycles. The molecular formula is C14H8Cl3F3N2O2. The summed E-state index contributed by atoms with van der Waals surface area (Å²) >= 11 is 17.8. The van der Waals surface area contributed by atoms with Crippen molar-refractivity contribution in [2.45, 2.75) is 6.18 Å². The van der Waals surface area contributed by atoms with Gasteiger partial charge in [0.15, 0.2) is 0 Å². The van der Waals surface area contributed by atoms with Gasteiger partial charge in [-0.1, -0.05) is 34.8 Å². The molecule has 0 aliphatic heterocycles. The highest BCUT2D eigenvalue weighted by molar-refractivity contribution is 6.42. The zero-order valence-corrected chi connectivity index (χ0v) is 14.1. The number of nitro benzene ring substituents is 1. The topological polar surface area (TPSA) is 46.4 Å². The number of anilines is 2. The van der Waals surface area contributed by atoms with Gasteiger partial charge < -0.3 is 4.90 Å². The second kappa shape index (κ2) is 6.66. The summed E-state index contributed by atoms with van der Waals surface area (Å²) in [5.74, 6) is 0. The average molecular weight is 400 g/mol. The Labute approximate surface area is 149 Å². The van der Waals surface area contributed by atoms with Gasteiger partial charge in [0.05, 0.1) is 31.9 Å². The second-order valence-corrected chi connectivity index (χ2v) is 5.98. The van der Waals surface area contributed by atoms with Crippen LogP contribution in [0.2, 0.25) is 15.1 Å². The lowest BCUT2D eigenvalue weighted by Crippen LogP contribution is -2.17. The van der Waals surface area contributed by atoms with Gasteiger partial charge in [0.25, 0.3) is 5.69 Å². The summed E-state index contributed by atoms with van der Waals surface area (Å²) in [6.45, 7) is 0. The summed E-state index contributed by atoms with van der Waals surface area (Å²) in [6, 6.07) is 5.09. The fourth-order valence-electron chi connectivity index (χ4n) is 2.13. The number of rotatable bonds is 3. The van der Waals surface area contributed by atoms with Crippen molar-refractivity contribution in [2.24, 2.45) is 0 Å². The lowest BCUT2D eigenvalue weighted by atomic mass is 10.1. The predicted molar refractivity (Wildman–Crippen MR) is 87.6 cm³/mol. The van der Waals surface area contributed by atoms with Gasteiger partial charge >= 0.3 is 6.18 Å². The molecule has 0 spiro atoms. The molecule has 0 bridgehead atoms. The van der Waals surface area contributed by atoms with E-state index in [-0.39, 0.29) is 26.4 Å². The zero-order chi connectivity index (χ0) is 18.2. The Morgan fingerprint density at radius 1 is 1.08 bits per heavy atom. The maximum absolute atomic E-state index is 13.3. The predicted octanol–water partition coefficient (Wildman–Crippen LogP) is 6.34. The van der Waals surface area contributed by atoms with Gasteiger partial charge in [0, 0.05) is 24.2 Å². The first-order valence-electron chi connectivity index (χ1n) is 6.26. The number of hydrogen-bond donors (Lipinski definition) is 0. The quantitative estimate of drug-likeness (QED) is 0.447. The largest absolute Gasteiger partial charge is 0.418 e. The van der Waals surface area contributed by atoms with Crippen molar-refractivity contribution in [2.75, 3.05) is 11.9 Å². The van der Waals surface area contributed by atoms with Crippen LogP contribution in [0.25, 0.3) is 0 Å². The average Bonchev–Trinajstić information content (AvgIpc) is 2.44. The van der Waals surface area contributed by atoms with Gasteiger partial charge in [-0.3, -0.25) is 10.1 Å². The summed E-state index contributed by atoms with van der Waals surface area (Å²) in [6.07, 6.45) is -4.80. The van der Waals surface area contributed by atoms with Crippen LogP contribution in [0, 0.1) is 10.1 Å². The van der Waals surface area contributed by atoms with E-state index < -0.39 is 22.4 Å². The van der Waals surface area contributed by atoms with Gasteiger partial charge in [-0.05, 0) is 18.2 Å². The Kier molecular flexibility index (Phi) is 5.17. The van der Waals surface area contributed by atoms with E-state index in [9.17, 15) is 23.3 Å². The van der Waals surface area contributed by atoms with Crippen LogP contribution in [0.5, 0.6) is 0 Å². The van der Waals surface area contributed by atoms with E-state index in [1.165, 1.54) is 19.2 Å². The molecule has 0 unspecified atom stereocenters. The number of alkyl halides is 3. The molecule has 0 radical (unpaired) electrons. The van der Waals surface area contributed by atoms with Crippen LogP contribution in [0.1, 0.15) is 5.56 Å². The van der Waals surface area contributed by atoms with Gasteiger partial charge in [-0.15, -0.1) is 0 Å². The molecule has 2 rings (SSSR count). The minimum Gasteiger partial charge on any atom is -0.342 e. The van der Waals surface area contributed by atoms with Crippen molar-refractivity contribution < 1.29 is 18.1 Å². The first kappa shape index (κ1) is 18.6. The van der Waals surface area contributed by atoms with Crippen LogP contribution >= 0.6 is 34.8 Å². The van der Waals surface area contributed by atoms with E-state index in [2.05, 4.69) is 0 Å². The van der Waals surface area contributed by atoms with Gasteiger partial charge in [-0.25, -0.2) is 0 Å². The lowest BCUT2D eigenvalue weighted by molar-refractivity contribution is -0.385. The van der Waals surface area contributed by atoms with Crippen molar-refractivity contribution in [3.05, 3.63) is 61.1 Å². The third kappa shape index (κ3) is 3.68. The fourth-order valence-corrected chi connectivity index (χ4v) is 3.20. The highest BCUT2D eigenvalue weighted by Gasteiger charge is 2.36. The Morgan fingerprint density at radius 2 is 1.62 bits per heavy atom. The molecule has 0 heterocycles. The molecular weight excluding hydrogens is 392 g/mol. The highest BCUT2D eigenvalue weighted by Crippen LogP contribution is 2.44. The first-order valence-corrected chi connectivity index (χ1v) is 7.39. The van der Waals surface area contributed by atoms with Crippen LogP contribution < -0.4 is 4.90 Å². The summed E-state index contributed by atoms with van der Waals surface area (Å²) in [5, 5.41) is 11.1. The van der Waals surface area contributed by atoms with Crippen LogP contribution in [0.3, 0.4) is 0 Å². The molecule has 0 amide bonds. The van der Waals surface area contributed by atoms with Crippen LogP contribution in [-0.4, -0.2) is 12.0 Å². The van der Waals surface area contributed by atoms with Crippen molar-refractivity contribution in [1.82, 2.24) is 0 Å². The van der Waals surface area contributed by atoms with E-state index in [0.29, 0.717) is 6.07 Å². The summed E-state index contributed by atoms with van der Waals surface area (Å²) in [7, 11) is 1.32. The standard InChI is InChI=1S/C14H8Cl3F3N2O2/c1-21(13-10(16)4-7(15)5-11(13)17)12-3-2-8(22(23)24)6-9(12)14(18,19)20/h2-6H,1H3. The minimum atomic E-state index is -4.80. The Morgan fingerprint density at radius 3 is 2.08 bits per heavy atom. The fraction of sp³-hybridized carbons (Fsp3) is 0.143. The highest BCUT2D eigenvalue weighted by atomic mass is 35.5. The van der Waals surface area contributed by atoms with Crippen LogP contribution in [-0.2, 0) is 6.18 Å². The van der Waals surface area contributed by atoms with Crippen molar-refractivity contribution in [3.63, 3.8) is 0 Å². The molecule has 0 saturated heterocycles. The van der Waals surface area contributed by atoms with E-state index in [1.54, 1.807) is 0 Å². The maximum atomic E-state index is 13.3. The normalized spacial score (nSPS) is 11.5. The molecule has 10 heteroatoms. The monoisotopic (exact) mass is 398 g/mol. The number of halogens is 6. The number of nitrogens with zero attached hydrogens (tertiary/aromatic N) is 2. The molecule has 0 aliphatic rings. The molecule has 0 aromatic heterocycles. The lowest BCUT2D eigenvalue weighted by Gasteiger charge is -2.25. The van der Waals surface area contributed by atoms with Crippen molar-refractivity contribution in [3.8, 4) is 0 Å². The molecule has 0 N–H and O–H groups in total. The first-order chi connectivity index (χ1) is 11.0. The zero-order valence-electron chi connectivity index (χ0n) is 11.9. The summed E-state index contributed by atoms with van der Waals surface area (Å²) < 4.78 is 39.9. The molecule has 4 nitrogen and oxygen atoms in total. The molecule has 0 saturated carbocycles. The maximum Gasteiger partial charge on any atom is 0.418 e. The molecule has 24 heavy (non-hydrogen) atoms. The Balaban J connectivity index is 2.66. The molecule has 128 valence electrons. The van der Waals surface area contributed by atoms with Gasteiger partial charge in [0.2, 0.25) is 0 Å². The van der Waals surface area contributed by atoms with E-state index in [1.807, 2.05) is 0 Å². The third-order valence-corrected chi connectivity index (χ3v) is 3.97. The smallest absolute Gasteiger partial charge is 0.342 e. The van der Waals surface area contributed by atoms with Crippen LogP contribution in [0.15, 0.2) is 30.3 Å². The van der Waals surface area contributed by atoms with E-state index in [0.717, 1.165) is 17.0 Å². The number of benzene rings is 2. The van der Waals surface area contributed by atoms with Gasteiger partial charge in [-0.2, -0.15) is 13.2 Å². The Hall–Kier alpha value is -1.70. The Bertz CT molecular complexity index is 789. The molecule has 2 aromatic carbocycles. The van der Waals surface area contributed by atoms with Crippen LogP contribution in [0.4, 0.5) is 30.2 Å². The van der Waals surface area contributed by atoms with Crippen molar-refractivity contribution >= 4 is 51.9 Å². The van der Waals surface area contributed by atoms with Gasteiger partial charge in [0.1, 0.15) is 0 Å². The van der Waals surface area contributed by atoms with Crippen molar-refractivity contribution in [1.29, 1.82) is 0 Å². The number of nitro groups is 1. The van der Waals surface area contributed by atoms with E-state index >= 15 is 0 Å². The number of non-ortho nitro benzene ring substituents is 1. The SMILES string of the molecule is CN(c1ccc([N+](=O)[O-])cc1C(F)(F)F)c1c(Cl)cc(Cl)cc1Cl. The number of hydrogen-bond acceptors (Lipinski definition) is 3. The third-order valence-electron chi connectivity index (χ3n) is 3.17. The summed E-state index contributed by atoms with van der Waals surface area (Å²) in [5.41, 5.74) is -2.09. The molecule has 2 aromatic rings. The molecule has 0 fully saturated rings. The molecule has 0 atom stereocenters.